The highest BCUT2D eigenvalue weighted by atomic mass is 19.4. The number of carbonyl (C=O) groups is 1. The first-order valence-corrected chi connectivity index (χ1v) is 5.30. The highest BCUT2D eigenvalue weighted by molar-refractivity contribution is 5.95. The largest absolute Gasteiger partial charge is 0.573 e. The SMILES string of the molecule is O=C(Cn1cccn1)c1ccc(OC(F)(F)F)cc1. The van der Waals surface area contributed by atoms with Crippen LogP contribution in [-0.2, 0) is 6.54 Å². The van der Waals surface area contributed by atoms with Gasteiger partial charge in [0.1, 0.15) is 12.3 Å². The second-order valence-electron chi connectivity index (χ2n) is 3.70. The summed E-state index contributed by atoms with van der Waals surface area (Å²) >= 11 is 0. The standard InChI is InChI=1S/C12H9F3N2O2/c13-12(14,15)19-10-4-2-9(3-5-10)11(18)8-17-7-1-6-16-17/h1-7H,8H2. The van der Waals surface area contributed by atoms with E-state index >= 15 is 0 Å². The molecular formula is C12H9F3N2O2. The molecule has 0 N–H and O–H groups in total. The summed E-state index contributed by atoms with van der Waals surface area (Å²) in [7, 11) is 0. The molecule has 0 aliphatic heterocycles. The summed E-state index contributed by atoms with van der Waals surface area (Å²) in [5.41, 5.74) is 0.296. The van der Waals surface area contributed by atoms with E-state index in [1.54, 1.807) is 12.3 Å². The molecule has 2 aromatic rings. The van der Waals surface area contributed by atoms with Gasteiger partial charge in [-0.05, 0) is 30.3 Å². The Bertz CT molecular complexity index is 547. The van der Waals surface area contributed by atoms with Crippen molar-refractivity contribution in [2.75, 3.05) is 0 Å². The first-order chi connectivity index (χ1) is 8.94. The zero-order valence-corrected chi connectivity index (χ0v) is 9.59. The molecule has 0 spiro atoms. The minimum atomic E-state index is -4.74. The molecule has 1 aromatic heterocycles. The number of hydrogen-bond acceptors (Lipinski definition) is 3. The van der Waals surface area contributed by atoms with Crippen LogP contribution in [0.5, 0.6) is 5.75 Å². The van der Waals surface area contributed by atoms with E-state index in [9.17, 15) is 18.0 Å². The molecule has 2 rings (SSSR count). The van der Waals surface area contributed by atoms with E-state index in [1.165, 1.54) is 23.0 Å². The van der Waals surface area contributed by atoms with Gasteiger partial charge >= 0.3 is 6.36 Å². The van der Waals surface area contributed by atoms with Gasteiger partial charge in [0.05, 0.1) is 0 Å². The lowest BCUT2D eigenvalue weighted by Gasteiger charge is -2.09. The number of hydrogen-bond donors (Lipinski definition) is 0. The molecule has 0 fully saturated rings. The van der Waals surface area contributed by atoms with Gasteiger partial charge in [-0.3, -0.25) is 9.48 Å². The number of Topliss-reactive ketones (excluding diaryl/α,β-unsaturated/α-hetero) is 1. The van der Waals surface area contributed by atoms with E-state index in [-0.39, 0.29) is 18.1 Å². The minimum absolute atomic E-state index is 0.0342. The van der Waals surface area contributed by atoms with E-state index in [0.717, 1.165) is 12.1 Å². The second-order valence-corrected chi connectivity index (χ2v) is 3.70. The molecule has 0 saturated heterocycles. The van der Waals surface area contributed by atoms with Crippen molar-refractivity contribution in [3.8, 4) is 5.75 Å². The van der Waals surface area contributed by atoms with Crippen molar-refractivity contribution in [3.05, 3.63) is 48.3 Å². The predicted molar refractivity (Wildman–Crippen MR) is 59.7 cm³/mol. The number of carbonyl (C=O) groups excluding carboxylic acids is 1. The predicted octanol–water partition coefficient (Wildman–Crippen LogP) is 2.66. The van der Waals surface area contributed by atoms with Crippen LogP contribution in [-0.4, -0.2) is 21.9 Å². The molecule has 19 heavy (non-hydrogen) atoms. The van der Waals surface area contributed by atoms with E-state index in [1.807, 2.05) is 0 Å². The van der Waals surface area contributed by atoms with Crippen LogP contribution in [0.4, 0.5) is 13.2 Å². The number of alkyl halides is 3. The Hall–Kier alpha value is -2.31. The Morgan fingerprint density at radius 1 is 1.26 bits per heavy atom. The van der Waals surface area contributed by atoms with Gasteiger partial charge < -0.3 is 4.74 Å². The first kappa shape index (κ1) is 13.1. The summed E-state index contributed by atoms with van der Waals surface area (Å²) in [5.74, 6) is -0.606. The van der Waals surface area contributed by atoms with Crippen LogP contribution in [0.25, 0.3) is 0 Å². The molecular weight excluding hydrogens is 261 g/mol. The fourth-order valence-corrected chi connectivity index (χ4v) is 1.47. The molecule has 4 nitrogen and oxygen atoms in total. The molecule has 0 aliphatic carbocycles. The van der Waals surface area contributed by atoms with Crippen molar-refractivity contribution in [1.29, 1.82) is 0 Å². The lowest BCUT2D eigenvalue weighted by atomic mass is 10.1. The highest BCUT2D eigenvalue weighted by Gasteiger charge is 2.31. The first-order valence-electron chi connectivity index (χ1n) is 5.30. The number of ketones is 1. The van der Waals surface area contributed by atoms with Gasteiger partial charge in [0.15, 0.2) is 5.78 Å². The van der Waals surface area contributed by atoms with E-state index < -0.39 is 6.36 Å². The molecule has 0 unspecified atom stereocenters. The fraction of sp³-hybridized carbons (Fsp3) is 0.167. The van der Waals surface area contributed by atoms with E-state index in [0.29, 0.717) is 5.56 Å². The molecule has 7 heteroatoms. The summed E-state index contributed by atoms with van der Waals surface area (Å²) in [6, 6.07) is 6.45. The van der Waals surface area contributed by atoms with Gasteiger partial charge in [-0.25, -0.2) is 0 Å². The normalized spacial score (nSPS) is 11.3. The van der Waals surface area contributed by atoms with Crippen LogP contribution in [0.3, 0.4) is 0 Å². The van der Waals surface area contributed by atoms with Crippen molar-refractivity contribution in [2.45, 2.75) is 12.9 Å². The molecule has 0 aliphatic rings. The smallest absolute Gasteiger partial charge is 0.406 e. The third kappa shape index (κ3) is 3.84. The number of ether oxygens (including phenoxy) is 1. The van der Waals surface area contributed by atoms with Crippen molar-refractivity contribution < 1.29 is 22.7 Å². The summed E-state index contributed by atoms with van der Waals surface area (Å²) in [4.78, 5) is 11.8. The zero-order valence-electron chi connectivity index (χ0n) is 9.59. The number of halogens is 3. The lowest BCUT2D eigenvalue weighted by molar-refractivity contribution is -0.274. The molecule has 0 atom stereocenters. The maximum atomic E-state index is 12.0. The Kier molecular flexibility index (Phi) is 3.55. The van der Waals surface area contributed by atoms with Crippen molar-refractivity contribution in [2.24, 2.45) is 0 Å². The Balaban J connectivity index is 2.04. The van der Waals surface area contributed by atoms with Gasteiger partial charge in [-0.2, -0.15) is 5.10 Å². The molecule has 100 valence electrons. The zero-order chi connectivity index (χ0) is 13.9. The van der Waals surface area contributed by atoms with Gasteiger partial charge in [0.25, 0.3) is 0 Å². The van der Waals surface area contributed by atoms with Crippen molar-refractivity contribution in [3.63, 3.8) is 0 Å². The Morgan fingerprint density at radius 2 is 1.95 bits per heavy atom. The van der Waals surface area contributed by atoms with Gasteiger partial charge in [0.2, 0.25) is 0 Å². The molecule has 0 saturated carbocycles. The summed E-state index contributed by atoms with van der Waals surface area (Å²) in [6.07, 6.45) is -1.58. The highest BCUT2D eigenvalue weighted by Crippen LogP contribution is 2.22. The van der Waals surface area contributed by atoms with Crippen LogP contribution >= 0.6 is 0 Å². The third-order valence-electron chi connectivity index (χ3n) is 2.27. The van der Waals surface area contributed by atoms with E-state index in [2.05, 4.69) is 9.84 Å². The summed E-state index contributed by atoms with van der Waals surface area (Å²) < 4.78 is 41.0. The maximum absolute atomic E-state index is 12.0. The maximum Gasteiger partial charge on any atom is 0.573 e. The Morgan fingerprint density at radius 3 is 2.47 bits per heavy atom. The average Bonchev–Trinajstić information content (AvgIpc) is 2.80. The Labute approximate surface area is 106 Å². The quantitative estimate of drug-likeness (QED) is 0.802. The van der Waals surface area contributed by atoms with E-state index in [4.69, 9.17) is 0 Å². The van der Waals surface area contributed by atoms with Gasteiger partial charge in [-0.1, -0.05) is 0 Å². The van der Waals surface area contributed by atoms with Gasteiger partial charge in [0, 0.05) is 18.0 Å². The topological polar surface area (TPSA) is 44.1 Å². The van der Waals surface area contributed by atoms with Crippen LogP contribution in [0.15, 0.2) is 42.7 Å². The number of benzene rings is 1. The summed E-state index contributed by atoms with van der Waals surface area (Å²) in [5, 5.41) is 3.87. The number of aromatic nitrogens is 2. The molecule has 1 aromatic carbocycles. The fourth-order valence-electron chi connectivity index (χ4n) is 1.47. The third-order valence-corrected chi connectivity index (χ3v) is 2.27. The lowest BCUT2D eigenvalue weighted by Crippen LogP contribution is -2.17. The minimum Gasteiger partial charge on any atom is -0.406 e. The van der Waals surface area contributed by atoms with Gasteiger partial charge in [-0.15, -0.1) is 13.2 Å². The number of rotatable bonds is 4. The van der Waals surface area contributed by atoms with Crippen LogP contribution in [0.2, 0.25) is 0 Å². The molecule has 0 radical (unpaired) electrons. The monoisotopic (exact) mass is 270 g/mol. The van der Waals surface area contributed by atoms with Crippen molar-refractivity contribution >= 4 is 5.78 Å². The summed E-state index contributed by atoms with van der Waals surface area (Å²) in [6.45, 7) is 0.0342. The molecule has 0 amide bonds. The van der Waals surface area contributed by atoms with Crippen LogP contribution < -0.4 is 4.74 Å². The number of nitrogens with zero attached hydrogens (tertiary/aromatic N) is 2. The second kappa shape index (κ2) is 5.13. The van der Waals surface area contributed by atoms with Crippen molar-refractivity contribution in [1.82, 2.24) is 9.78 Å². The average molecular weight is 270 g/mol. The molecule has 1 heterocycles. The molecule has 0 bridgehead atoms. The van der Waals surface area contributed by atoms with Crippen LogP contribution in [0, 0.1) is 0 Å². The van der Waals surface area contributed by atoms with Crippen LogP contribution in [0.1, 0.15) is 10.4 Å².